The molecule has 7 heteroatoms. The SMILES string of the molecule is CCNC(=NCC(C)(O)c1cccs1)NCC(C)N(CC)CC.I. The van der Waals surface area contributed by atoms with Crippen molar-refractivity contribution in [3.05, 3.63) is 22.4 Å². The molecule has 1 heterocycles. The molecule has 0 aliphatic carbocycles. The molecule has 0 bridgehead atoms. The molecule has 2 atom stereocenters. The average molecular weight is 468 g/mol. The van der Waals surface area contributed by atoms with E-state index in [1.807, 2.05) is 31.4 Å². The molecule has 3 N–H and O–H groups in total. The van der Waals surface area contributed by atoms with Crippen LogP contribution in [0.1, 0.15) is 39.5 Å². The highest BCUT2D eigenvalue weighted by Crippen LogP contribution is 2.25. The van der Waals surface area contributed by atoms with E-state index in [1.165, 1.54) is 0 Å². The molecule has 0 aromatic carbocycles. The minimum absolute atomic E-state index is 0. The van der Waals surface area contributed by atoms with E-state index in [-0.39, 0.29) is 24.0 Å². The van der Waals surface area contributed by atoms with Gasteiger partial charge in [0.2, 0.25) is 0 Å². The third kappa shape index (κ3) is 7.67. The van der Waals surface area contributed by atoms with Gasteiger partial charge in [0.15, 0.2) is 5.96 Å². The molecule has 2 unspecified atom stereocenters. The summed E-state index contributed by atoms with van der Waals surface area (Å²) in [4.78, 5) is 7.90. The Balaban J connectivity index is 0.00000529. The van der Waals surface area contributed by atoms with Crippen molar-refractivity contribution >= 4 is 41.3 Å². The number of rotatable bonds is 9. The zero-order valence-electron chi connectivity index (χ0n) is 15.5. The molecular formula is C17H33IN4OS. The first-order valence-corrected chi connectivity index (χ1v) is 9.35. The second-order valence-corrected chi connectivity index (χ2v) is 6.85. The lowest BCUT2D eigenvalue weighted by Gasteiger charge is -2.27. The van der Waals surface area contributed by atoms with Crippen molar-refractivity contribution in [2.24, 2.45) is 4.99 Å². The number of aliphatic imine (C=N–C) groups is 1. The standard InChI is InChI=1S/C17H32N4OS.HI/c1-6-18-16(19-12-14(4)21(7-2)8-3)20-13-17(5,22)15-10-9-11-23-15;/h9-11,14,22H,6-8,12-13H2,1-5H3,(H2,18,19,20);1H. The van der Waals surface area contributed by atoms with Gasteiger partial charge in [-0.05, 0) is 45.3 Å². The van der Waals surface area contributed by atoms with Crippen LogP contribution in [-0.4, -0.2) is 54.7 Å². The highest BCUT2D eigenvalue weighted by Gasteiger charge is 2.24. The summed E-state index contributed by atoms with van der Waals surface area (Å²) in [5.41, 5.74) is -0.930. The Bertz CT molecular complexity index is 461. The van der Waals surface area contributed by atoms with Crippen molar-refractivity contribution in [2.45, 2.75) is 46.3 Å². The largest absolute Gasteiger partial charge is 0.383 e. The second-order valence-electron chi connectivity index (χ2n) is 5.90. The normalized spacial score (nSPS) is 15.5. The number of aliphatic hydroxyl groups is 1. The monoisotopic (exact) mass is 468 g/mol. The van der Waals surface area contributed by atoms with Crippen LogP contribution in [0.15, 0.2) is 22.5 Å². The lowest BCUT2D eigenvalue weighted by atomic mass is 10.1. The summed E-state index contributed by atoms with van der Waals surface area (Å²) in [5, 5.41) is 19.2. The maximum atomic E-state index is 10.6. The minimum atomic E-state index is -0.930. The summed E-state index contributed by atoms with van der Waals surface area (Å²) in [6, 6.07) is 4.34. The van der Waals surface area contributed by atoms with Crippen LogP contribution < -0.4 is 10.6 Å². The molecule has 0 saturated carbocycles. The number of likely N-dealkylation sites (N-methyl/N-ethyl adjacent to an activating group) is 1. The van der Waals surface area contributed by atoms with E-state index < -0.39 is 5.60 Å². The topological polar surface area (TPSA) is 59.9 Å². The van der Waals surface area contributed by atoms with E-state index in [1.54, 1.807) is 11.3 Å². The van der Waals surface area contributed by atoms with Crippen molar-refractivity contribution in [3.8, 4) is 0 Å². The van der Waals surface area contributed by atoms with Crippen molar-refractivity contribution in [2.75, 3.05) is 32.7 Å². The Morgan fingerprint density at radius 3 is 2.50 bits per heavy atom. The van der Waals surface area contributed by atoms with Gasteiger partial charge in [0.25, 0.3) is 0 Å². The summed E-state index contributed by atoms with van der Waals surface area (Å²) in [5.74, 6) is 0.753. The van der Waals surface area contributed by atoms with Crippen molar-refractivity contribution in [1.82, 2.24) is 15.5 Å². The van der Waals surface area contributed by atoms with Crippen molar-refractivity contribution in [1.29, 1.82) is 0 Å². The highest BCUT2D eigenvalue weighted by atomic mass is 127. The molecular weight excluding hydrogens is 435 g/mol. The van der Waals surface area contributed by atoms with Crippen LogP contribution in [0.2, 0.25) is 0 Å². The molecule has 0 spiro atoms. The number of nitrogens with zero attached hydrogens (tertiary/aromatic N) is 2. The maximum absolute atomic E-state index is 10.6. The summed E-state index contributed by atoms with van der Waals surface area (Å²) in [6.45, 7) is 14.5. The van der Waals surface area contributed by atoms with E-state index in [0.29, 0.717) is 12.6 Å². The van der Waals surface area contributed by atoms with E-state index >= 15 is 0 Å². The van der Waals surface area contributed by atoms with Crippen LogP contribution in [0.3, 0.4) is 0 Å². The molecule has 0 amide bonds. The zero-order valence-corrected chi connectivity index (χ0v) is 18.6. The predicted octanol–water partition coefficient (Wildman–Crippen LogP) is 2.86. The van der Waals surface area contributed by atoms with Gasteiger partial charge < -0.3 is 15.7 Å². The van der Waals surface area contributed by atoms with Crippen LogP contribution in [0.5, 0.6) is 0 Å². The molecule has 1 aromatic heterocycles. The Labute approximate surface area is 168 Å². The van der Waals surface area contributed by atoms with Crippen LogP contribution >= 0.6 is 35.3 Å². The molecule has 0 aliphatic rings. The average Bonchev–Trinajstić information content (AvgIpc) is 3.06. The fraction of sp³-hybridized carbons (Fsp3) is 0.706. The first kappa shape index (κ1) is 23.6. The predicted molar refractivity (Wildman–Crippen MR) is 116 cm³/mol. The summed E-state index contributed by atoms with van der Waals surface area (Å²) >= 11 is 1.56. The first-order valence-electron chi connectivity index (χ1n) is 8.47. The Kier molecular flexibility index (Phi) is 11.9. The maximum Gasteiger partial charge on any atom is 0.191 e. The van der Waals surface area contributed by atoms with Crippen LogP contribution in [0.25, 0.3) is 0 Å². The van der Waals surface area contributed by atoms with Gasteiger partial charge in [-0.2, -0.15) is 0 Å². The Morgan fingerprint density at radius 2 is 2.00 bits per heavy atom. The number of hydrogen-bond donors (Lipinski definition) is 3. The van der Waals surface area contributed by atoms with E-state index in [9.17, 15) is 5.11 Å². The van der Waals surface area contributed by atoms with Gasteiger partial charge in [0, 0.05) is 24.0 Å². The lowest BCUT2D eigenvalue weighted by molar-refractivity contribution is 0.0711. The molecule has 1 rings (SSSR count). The smallest absolute Gasteiger partial charge is 0.191 e. The number of hydrogen-bond acceptors (Lipinski definition) is 4. The first-order chi connectivity index (χ1) is 10.9. The van der Waals surface area contributed by atoms with Gasteiger partial charge in [-0.3, -0.25) is 4.90 Å². The molecule has 0 saturated heterocycles. The van der Waals surface area contributed by atoms with Gasteiger partial charge in [0.05, 0.1) is 6.54 Å². The number of halogens is 1. The number of nitrogens with one attached hydrogen (secondary N) is 2. The van der Waals surface area contributed by atoms with Crippen LogP contribution in [-0.2, 0) is 5.60 Å². The van der Waals surface area contributed by atoms with Gasteiger partial charge in [-0.1, -0.05) is 19.9 Å². The summed E-state index contributed by atoms with van der Waals surface area (Å²) in [7, 11) is 0. The van der Waals surface area contributed by atoms with Gasteiger partial charge >= 0.3 is 0 Å². The van der Waals surface area contributed by atoms with Gasteiger partial charge in [-0.25, -0.2) is 4.99 Å². The Morgan fingerprint density at radius 1 is 1.33 bits per heavy atom. The third-order valence-corrected chi connectivity index (χ3v) is 5.06. The van der Waals surface area contributed by atoms with Crippen molar-refractivity contribution < 1.29 is 5.11 Å². The van der Waals surface area contributed by atoms with E-state index in [2.05, 4.69) is 41.3 Å². The molecule has 24 heavy (non-hydrogen) atoms. The zero-order chi connectivity index (χ0) is 17.3. The molecule has 0 fully saturated rings. The molecule has 0 radical (unpaired) electrons. The second kappa shape index (κ2) is 12.1. The number of guanidine groups is 1. The highest BCUT2D eigenvalue weighted by molar-refractivity contribution is 14.0. The van der Waals surface area contributed by atoms with Crippen molar-refractivity contribution in [3.63, 3.8) is 0 Å². The Hall–Kier alpha value is -0.380. The lowest BCUT2D eigenvalue weighted by Crippen LogP contribution is -2.46. The fourth-order valence-corrected chi connectivity index (χ4v) is 3.24. The molecule has 140 valence electrons. The number of thiophene rings is 1. The minimum Gasteiger partial charge on any atom is -0.383 e. The van der Waals surface area contributed by atoms with Gasteiger partial charge in [0.1, 0.15) is 5.60 Å². The quantitative estimate of drug-likeness (QED) is 0.297. The third-order valence-electron chi connectivity index (χ3n) is 3.94. The molecule has 1 aromatic rings. The van der Waals surface area contributed by atoms with E-state index in [4.69, 9.17) is 0 Å². The summed E-state index contributed by atoms with van der Waals surface area (Å²) in [6.07, 6.45) is 0. The van der Waals surface area contributed by atoms with Gasteiger partial charge in [-0.15, -0.1) is 35.3 Å². The summed E-state index contributed by atoms with van der Waals surface area (Å²) < 4.78 is 0. The van der Waals surface area contributed by atoms with Crippen LogP contribution in [0, 0.1) is 0 Å². The fourth-order valence-electron chi connectivity index (χ4n) is 2.46. The molecule has 0 aliphatic heterocycles. The van der Waals surface area contributed by atoms with E-state index in [0.717, 1.165) is 37.0 Å². The molecule has 5 nitrogen and oxygen atoms in total. The van der Waals surface area contributed by atoms with Crippen LogP contribution in [0.4, 0.5) is 0 Å².